The quantitative estimate of drug-likeness (QED) is 0.335. The molecule has 4 rings (SSSR count). The van der Waals surface area contributed by atoms with Crippen LogP contribution in [0.4, 0.5) is 25.7 Å². The lowest BCUT2D eigenvalue weighted by Crippen LogP contribution is -2.19. The number of pyridine rings is 1. The monoisotopic (exact) mass is 503 g/mol. The van der Waals surface area contributed by atoms with Crippen molar-refractivity contribution in [2.24, 2.45) is 0 Å². The number of nitrogens with one attached hydrogen (secondary N) is 3. The van der Waals surface area contributed by atoms with E-state index in [0.717, 1.165) is 12.3 Å². The summed E-state index contributed by atoms with van der Waals surface area (Å²) in [6, 6.07) is 7.96. The number of anilines is 3. The molecule has 2 amide bonds. The first-order valence-electron chi connectivity index (χ1n) is 9.61. The van der Waals surface area contributed by atoms with Gasteiger partial charge in [0, 0.05) is 35.3 Å². The van der Waals surface area contributed by atoms with Gasteiger partial charge in [-0.25, -0.2) is 22.6 Å². The van der Waals surface area contributed by atoms with Crippen LogP contribution in [0, 0.1) is 5.82 Å². The van der Waals surface area contributed by atoms with E-state index in [1.165, 1.54) is 49.0 Å². The molecule has 0 bridgehead atoms. The third kappa shape index (κ3) is 5.50. The predicted molar refractivity (Wildman–Crippen MR) is 128 cm³/mol. The SMILES string of the molecule is COc1cc2nccc(Oc3ccc(NC(=O)Nc4nccs4)c(F)c3)c2cc1NS(C)(=O)=O. The minimum atomic E-state index is -3.57. The predicted octanol–water partition coefficient (Wildman–Crippen LogP) is 4.65. The minimum Gasteiger partial charge on any atom is -0.494 e. The number of halogens is 1. The minimum absolute atomic E-state index is 0.0506. The highest BCUT2D eigenvalue weighted by atomic mass is 32.2. The zero-order valence-electron chi connectivity index (χ0n) is 17.8. The fourth-order valence-corrected chi connectivity index (χ4v) is 4.09. The van der Waals surface area contributed by atoms with Crippen molar-refractivity contribution < 1.29 is 27.1 Å². The van der Waals surface area contributed by atoms with Crippen molar-refractivity contribution in [2.45, 2.75) is 0 Å². The molecule has 0 spiro atoms. The van der Waals surface area contributed by atoms with Crippen molar-refractivity contribution in [3.8, 4) is 17.2 Å². The van der Waals surface area contributed by atoms with Crippen LogP contribution in [0.2, 0.25) is 0 Å². The van der Waals surface area contributed by atoms with Crippen LogP contribution in [-0.2, 0) is 10.0 Å². The molecule has 0 atom stereocenters. The van der Waals surface area contributed by atoms with Crippen molar-refractivity contribution in [1.29, 1.82) is 0 Å². The van der Waals surface area contributed by atoms with Crippen LogP contribution in [0.3, 0.4) is 0 Å². The first-order chi connectivity index (χ1) is 16.2. The summed E-state index contributed by atoms with van der Waals surface area (Å²) in [6.07, 6.45) is 4.05. The van der Waals surface area contributed by atoms with E-state index in [2.05, 4.69) is 25.3 Å². The van der Waals surface area contributed by atoms with E-state index in [1.807, 2.05) is 0 Å². The highest BCUT2D eigenvalue weighted by molar-refractivity contribution is 7.92. The van der Waals surface area contributed by atoms with E-state index < -0.39 is 21.9 Å². The van der Waals surface area contributed by atoms with E-state index in [-0.39, 0.29) is 22.9 Å². The Kier molecular flexibility index (Phi) is 6.47. The first-order valence-corrected chi connectivity index (χ1v) is 12.4. The van der Waals surface area contributed by atoms with Crippen molar-refractivity contribution >= 4 is 54.8 Å². The van der Waals surface area contributed by atoms with E-state index >= 15 is 0 Å². The molecule has 0 radical (unpaired) electrons. The molecule has 0 saturated heterocycles. The number of hydrogen-bond donors (Lipinski definition) is 3. The van der Waals surface area contributed by atoms with E-state index in [9.17, 15) is 17.6 Å². The number of rotatable bonds is 7. The topological polar surface area (TPSA) is 132 Å². The zero-order chi connectivity index (χ0) is 24.3. The van der Waals surface area contributed by atoms with Gasteiger partial charge in [-0.15, -0.1) is 11.3 Å². The van der Waals surface area contributed by atoms with Crippen molar-refractivity contribution in [3.05, 3.63) is 60.0 Å². The third-order valence-corrected chi connectivity index (χ3v) is 5.67. The number of hydrogen-bond acceptors (Lipinski definition) is 8. The molecule has 0 fully saturated rings. The van der Waals surface area contributed by atoms with Crippen LogP contribution >= 0.6 is 11.3 Å². The number of sulfonamides is 1. The Morgan fingerprint density at radius 2 is 1.85 bits per heavy atom. The second kappa shape index (κ2) is 9.49. The summed E-state index contributed by atoms with van der Waals surface area (Å²) in [5.74, 6) is 0.0291. The summed E-state index contributed by atoms with van der Waals surface area (Å²) in [5, 5.41) is 7.45. The molecule has 3 N–H and O–H groups in total. The average Bonchev–Trinajstić information content (AvgIpc) is 3.27. The Labute approximate surface area is 197 Å². The van der Waals surface area contributed by atoms with Crippen LogP contribution < -0.4 is 24.8 Å². The summed E-state index contributed by atoms with van der Waals surface area (Å²) in [5.41, 5.74) is 0.628. The summed E-state index contributed by atoms with van der Waals surface area (Å²) in [7, 11) is -2.16. The molecular formula is C21H18FN5O5S2. The molecule has 13 heteroatoms. The summed E-state index contributed by atoms with van der Waals surface area (Å²) in [6.45, 7) is 0. The number of aromatic nitrogens is 2. The maximum atomic E-state index is 14.6. The lowest BCUT2D eigenvalue weighted by atomic mass is 10.1. The largest absolute Gasteiger partial charge is 0.494 e. The van der Waals surface area contributed by atoms with Crippen LogP contribution in [0.1, 0.15) is 0 Å². The maximum absolute atomic E-state index is 14.6. The maximum Gasteiger partial charge on any atom is 0.325 e. The highest BCUT2D eigenvalue weighted by Crippen LogP contribution is 2.36. The van der Waals surface area contributed by atoms with Crippen LogP contribution in [0.25, 0.3) is 10.9 Å². The van der Waals surface area contributed by atoms with E-state index in [4.69, 9.17) is 9.47 Å². The van der Waals surface area contributed by atoms with Crippen LogP contribution in [-0.4, -0.2) is 37.8 Å². The van der Waals surface area contributed by atoms with Gasteiger partial charge in [-0.1, -0.05) is 0 Å². The molecule has 0 aliphatic heterocycles. The number of fused-ring (bicyclic) bond motifs is 1. The Morgan fingerprint density at radius 1 is 1.03 bits per heavy atom. The van der Waals surface area contributed by atoms with Gasteiger partial charge in [-0.3, -0.25) is 15.0 Å². The normalized spacial score (nSPS) is 11.1. The fourth-order valence-electron chi connectivity index (χ4n) is 3.01. The fraction of sp³-hybridized carbons (Fsp3) is 0.0952. The first kappa shape index (κ1) is 23.2. The van der Waals surface area contributed by atoms with Crippen molar-refractivity contribution in [2.75, 3.05) is 28.7 Å². The van der Waals surface area contributed by atoms with E-state index in [0.29, 0.717) is 21.8 Å². The molecule has 34 heavy (non-hydrogen) atoms. The molecular weight excluding hydrogens is 485 g/mol. The number of amides is 2. The van der Waals surface area contributed by atoms with Crippen molar-refractivity contribution in [1.82, 2.24) is 9.97 Å². The Balaban J connectivity index is 1.58. The summed E-state index contributed by atoms with van der Waals surface area (Å²) in [4.78, 5) is 20.2. The van der Waals surface area contributed by atoms with Crippen LogP contribution in [0.15, 0.2) is 54.2 Å². The second-order valence-electron chi connectivity index (χ2n) is 6.91. The number of urea groups is 1. The van der Waals surface area contributed by atoms with Gasteiger partial charge in [0.2, 0.25) is 10.0 Å². The summed E-state index contributed by atoms with van der Waals surface area (Å²) >= 11 is 1.23. The molecule has 0 aliphatic rings. The molecule has 0 aliphatic carbocycles. The molecule has 2 aromatic heterocycles. The van der Waals surface area contributed by atoms with E-state index in [1.54, 1.807) is 17.5 Å². The molecule has 0 unspecified atom stereocenters. The number of methoxy groups -OCH3 is 1. The Hall–Kier alpha value is -3.97. The Bertz CT molecular complexity index is 1460. The molecule has 2 aromatic carbocycles. The zero-order valence-corrected chi connectivity index (χ0v) is 19.5. The molecule has 176 valence electrons. The average molecular weight is 504 g/mol. The standard InChI is InChI=1S/C21H18FN5O5S2/c1-31-19-11-16-13(10-17(19)27-34(2,29)30)18(5-6-23-16)32-12-3-4-15(14(22)9-12)25-20(28)26-21-24-7-8-33-21/h3-11,27H,1-2H3,(H2,24,25,26,28). The lowest BCUT2D eigenvalue weighted by molar-refractivity contribution is 0.262. The lowest BCUT2D eigenvalue weighted by Gasteiger charge is -2.14. The smallest absolute Gasteiger partial charge is 0.325 e. The number of ether oxygens (including phenoxy) is 2. The third-order valence-electron chi connectivity index (χ3n) is 4.39. The summed E-state index contributed by atoms with van der Waals surface area (Å²) < 4.78 is 51.5. The number of carbonyl (C=O) groups is 1. The van der Waals surface area contributed by atoms with Gasteiger partial charge < -0.3 is 14.8 Å². The van der Waals surface area contributed by atoms with Gasteiger partial charge in [-0.2, -0.15) is 0 Å². The number of benzene rings is 2. The van der Waals surface area contributed by atoms with Gasteiger partial charge in [0.25, 0.3) is 0 Å². The second-order valence-corrected chi connectivity index (χ2v) is 9.56. The number of thiazole rings is 1. The Morgan fingerprint density at radius 3 is 2.53 bits per heavy atom. The molecule has 10 nitrogen and oxygen atoms in total. The molecule has 0 saturated carbocycles. The van der Waals surface area contributed by atoms with Gasteiger partial charge in [0.15, 0.2) is 5.13 Å². The highest BCUT2D eigenvalue weighted by Gasteiger charge is 2.15. The number of carbonyl (C=O) groups excluding carboxylic acids is 1. The molecule has 4 aromatic rings. The van der Waals surface area contributed by atoms with Gasteiger partial charge >= 0.3 is 6.03 Å². The number of nitrogens with zero attached hydrogens (tertiary/aromatic N) is 2. The van der Waals surface area contributed by atoms with Gasteiger partial charge in [-0.05, 0) is 24.3 Å². The van der Waals surface area contributed by atoms with Gasteiger partial charge in [0.05, 0.1) is 30.3 Å². The molecule has 2 heterocycles. The van der Waals surface area contributed by atoms with Crippen LogP contribution in [0.5, 0.6) is 17.2 Å². The van der Waals surface area contributed by atoms with Crippen molar-refractivity contribution in [3.63, 3.8) is 0 Å². The van der Waals surface area contributed by atoms with Gasteiger partial charge in [0.1, 0.15) is 23.1 Å².